The molecule has 1 aliphatic heterocycles. The number of nitrogens with zero attached hydrogens (tertiary/aromatic N) is 2. The smallest absolute Gasteiger partial charge is 0.219 e. The molecular formula is C29H33FN2O4. The Morgan fingerprint density at radius 2 is 1.67 bits per heavy atom. The lowest BCUT2D eigenvalue weighted by molar-refractivity contribution is -0.130. The first-order valence-corrected chi connectivity index (χ1v) is 12.1. The molecule has 1 aliphatic rings. The summed E-state index contributed by atoms with van der Waals surface area (Å²) in [6.07, 6.45) is 0. The Bertz CT molecular complexity index is 1170. The van der Waals surface area contributed by atoms with Gasteiger partial charge in [0, 0.05) is 57.2 Å². The van der Waals surface area contributed by atoms with E-state index in [1.54, 1.807) is 39.3 Å². The third-order valence-corrected chi connectivity index (χ3v) is 6.93. The Morgan fingerprint density at radius 1 is 1.00 bits per heavy atom. The van der Waals surface area contributed by atoms with Crippen LogP contribution in [-0.4, -0.2) is 54.7 Å². The molecule has 0 aromatic heterocycles. The van der Waals surface area contributed by atoms with Gasteiger partial charge in [-0.2, -0.15) is 0 Å². The van der Waals surface area contributed by atoms with Crippen LogP contribution in [0.15, 0.2) is 66.7 Å². The summed E-state index contributed by atoms with van der Waals surface area (Å²) in [5, 5.41) is 10.5. The molecule has 0 radical (unpaired) electrons. The van der Waals surface area contributed by atoms with E-state index in [1.165, 1.54) is 17.7 Å². The number of rotatable bonds is 9. The van der Waals surface area contributed by atoms with Gasteiger partial charge in [0.1, 0.15) is 23.1 Å². The van der Waals surface area contributed by atoms with Crippen molar-refractivity contribution < 1.29 is 23.8 Å². The fourth-order valence-corrected chi connectivity index (χ4v) is 4.95. The van der Waals surface area contributed by atoms with Crippen molar-refractivity contribution >= 4 is 5.91 Å². The van der Waals surface area contributed by atoms with E-state index in [4.69, 9.17) is 9.47 Å². The van der Waals surface area contributed by atoms with Crippen LogP contribution in [-0.2, 0) is 17.9 Å². The number of halogens is 1. The summed E-state index contributed by atoms with van der Waals surface area (Å²) < 4.78 is 23.9. The number of phenolic OH excluding ortho intramolecular Hbond substituents is 1. The minimum atomic E-state index is -0.291. The van der Waals surface area contributed by atoms with Gasteiger partial charge in [0.15, 0.2) is 0 Å². The minimum Gasteiger partial charge on any atom is -0.507 e. The number of hydrogen-bond donors (Lipinski definition) is 1. The zero-order valence-electron chi connectivity index (χ0n) is 21.0. The van der Waals surface area contributed by atoms with E-state index < -0.39 is 0 Å². The van der Waals surface area contributed by atoms with Crippen LogP contribution in [0.5, 0.6) is 17.2 Å². The van der Waals surface area contributed by atoms with E-state index in [2.05, 4.69) is 17.0 Å². The highest BCUT2D eigenvalue weighted by Gasteiger charge is 2.35. The standard InChI is InChI=1S/C29H33FN2O4/c1-20(33)32(15-21-4-9-25(30)10-5-21)18-24-17-31(16-23-8-13-27(36-3)14-29(23)34)19-28(24)22-6-11-26(35-2)12-7-22/h4-14,24,28,34H,15-19H2,1-3H3/t24-,28-/m0/s1. The molecule has 7 heteroatoms. The maximum atomic E-state index is 13.4. The summed E-state index contributed by atoms with van der Waals surface area (Å²) in [5.41, 5.74) is 2.91. The van der Waals surface area contributed by atoms with Gasteiger partial charge in [-0.15, -0.1) is 0 Å². The highest BCUT2D eigenvalue weighted by atomic mass is 19.1. The van der Waals surface area contributed by atoms with Crippen molar-refractivity contribution in [2.45, 2.75) is 25.9 Å². The molecule has 1 N–H and O–H groups in total. The SMILES string of the molecule is COc1ccc([C@@H]2CN(Cc3ccc(OC)cc3O)C[C@H]2CN(Cc2ccc(F)cc2)C(C)=O)cc1. The van der Waals surface area contributed by atoms with Crippen molar-refractivity contribution in [3.8, 4) is 17.2 Å². The normalized spacial score (nSPS) is 17.7. The molecule has 2 atom stereocenters. The lowest BCUT2D eigenvalue weighted by Gasteiger charge is -2.28. The molecule has 3 aromatic rings. The number of likely N-dealkylation sites (tertiary alicyclic amines) is 1. The molecule has 0 spiro atoms. The molecule has 36 heavy (non-hydrogen) atoms. The number of methoxy groups -OCH3 is 2. The molecule has 1 heterocycles. The van der Waals surface area contributed by atoms with Crippen molar-refractivity contribution in [1.82, 2.24) is 9.80 Å². The molecule has 4 rings (SSSR count). The van der Waals surface area contributed by atoms with Crippen LogP contribution < -0.4 is 9.47 Å². The zero-order chi connectivity index (χ0) is 25.7. The fraction of sp³-hybridized carbons (Fsp3) is 0.345. The summed E-state index contributed by atoms with van der Waals surface area (Å²) >= 11 is 0. The molecule has 0 aliphatic carbocycles. The second-order valence-corrected chi connectivity index (χ2v) is 9.35. The van der Waals surface area contributed by atoms with Crippen LogP contribution in [0.25, 0.3) is 0 Å². The monoisotopic (exact) mass is 492 g/mol. The average Bonchev–Trinajstić information content (AvgIpc) is 3.28. The predicted molar refractivity (Wildman–Crippen MR) is 137 cm³/mol. The maximum Gasteiger partial charge on any atom is 0.219 e. The molecule has 3 aromatic carbocycles. The Balaban J connectivity index is 1.55. The predicted octanol–water partition coefficient (Wildman–Crippen LogP) is 4.81. The first kappa shape index (κ1) is 25.5. The Morgan fingerprint density at radius 3 is 2.28 bits per heavy atom. The van der Waals surface area contributed by atoms with E-state index in [1.807, 2.05) is 29.2 Å². The van der Waals surface area contributed by atoms with Gasteiger partial charge in [0.25, 0.3) is 0 Å². The summed E-state index contributed by atoms with van der Waals surface area (Å²) in [4.78, 5) is 16.7. The van der Waals surface area contributed by atoms with Crippen LogP contribution in [0.1, 0.15) is 29.5 Å². The highest BCUT2D eigenvalue weighted by Crippen LogP contribution is 2.36. The van der Waals surface area contributed by atoms with Gasteiger partial charge >= 0.3 is 0 Å². The first-order chi connectivity index (χ1) is 17.4. The third-order valence-electron chi connectivity index (χ3n) is 6.93. The van der Waals surface area contributed by atoms with E-state index in [0.717, 1.165) is 30.0 Å². The summed E-state index contributed by atoms with van der Waals surface area (Å²) in [5.74, 6) is 1.70. The van der Waals surface area contributed by atoms with Crippen molar-refractivity contribution in [2.24, 2.45) is 5.92 Å². The lowest BCUT2D eigenvalue weighted by atomic mass is 9.88. The van der Waals surface area contributed by atoms with Crippen LogP contribution in [0.2, 0.25) is 0 Å². The molecule has 0 unspecified atom stereocenters. The van der Waals surface area contributed by atoms with E-state index in [9.17, 15) is 14.3 Å². The van der Waals surface area contributed by atoms with Crippen LogP contribution in [0.4, 0.5) is 4.39 Å². The van der Waals surface area contributed by atoms with Crippen LogP contribution >= 0.6 is 0 Å². The quantitative estimate of drug-likeness (QED) is 0.464. The third kappa shape index (κ3) is 6.15. The largest absolute Gasteiger partial charge is 0.507 e. The second kappa shape index (κ2) is 11.4. The van der Waals surface area contributed by atoms with Crippen molar-refractivity contribution in [1.29, 1.82) is 0 Å². The van der Waals surface area contributed by atoms with Crippen molar-refractivity contribution in [3.05, 3.63) is 89.2 Å². The number of hydrogen-bond acceptors (Lipinski definition) is 5. The molecule has 1 amide bonds. The van der Waals surface area contributed by atoms with Gasteiger partial charge in [-0.05, 0) is 47.4 Å². The molecule has 1 fully saturated rings. The number of benzene rings is 3. The second-order valence-electron chi connectivity index (χ2n) is 9.35. The van der Waals surface area contributed by atoms with Crippen LogP contribution in [0.3, 0.4) is 0 Å². The van der Waals surface area contributed by atoms with Gasteiger partial charge < -0.3 is 19.5 Å². The fourth-order valence-electron chi connectivity index (χ4n) is 4.95. The van der Waals surface area contributed by atoms with Crippen molar-refractivity contribution in [2.75, 3.05) is 33.9 Å². The number of amides is 1. The minimum absolute atomic E-state index is 0.0148. The average molecular weight is 493 g/mol. The summed E-state index contributed by atoms with van der Waals surface area (Å²) in [6, 6.07) is 19.8. The van der Waals surface area contributed by atoms with Crippen LogP contribution in [0, 0.1) is 11.7 Å². The topological polar surface area (TPSA) is 62.2 Å². The highest BCUT2D eigenvalue weighted by molar-refractivity contribution is 5.73. The van der Waals surface area contributed by atoms with Crippen molar-refractivity contribution in [3.63, 3.8) is 0 Å². The van der Waals surface area contributed by atoms with E-state index in [0.29, 0.717) is 25.4 Å². The van der Waals surface area contributed by atoms with Gasteiger partial charge in [-0.1, -0.05) is 30.3 Å². The number of carbonyl (C=O) groups excluding carboxylic acids is 1. The zero-order valence-corrected chi connectivity index (χ0v) is 21.0. The molecular weight excluding hydrogens is 459 g/mol. The Hall–Kier alpha value is -3.58. The van der Waals surface area contributed by atoms with Gasteiger partial charge in [0.05, 0.1) is 14.2 Å². The molecule has 1 saturated heterocycles. The Labute approximate surface area is 211 Å². The molecule has 6 nitrogen and oxygen atoms in total. The number of ether oxygens (including phenoxy) is 2. The number of aromatic hydroxyl groups is 1. The first-order valence-electron chi connectivity index (χ1n) is 12.1. The van der Waals surface area contributed by atoms with E-state index in [-0.39, 0.29) is 29.3 Å². The number of carbonyl (C=O) groups is 1. The maximum absolute atomic E-state index is 13.4. The lowest BCUT2D eigenvalue weighted by Crippen LogP contribution is -2.35. The molecule has 0 saturated carbocycles. The molecule has 0 bridgehead atoms. The molecule has 190 valence electrons. The summed E-state index contributed by atoms with van der Waals surface area (Å²) in [7, 11) is 3.22. The van der Waals surface area contributed by atoms with Gasteiger partial charge in [-0.3, -0.25) is 9.69 Å². The van der Waals surface area contributed by atoms with E-state index >= 15 is 0 Å². The summed E-state index contributed by atoms with van der Waals surface area (Å²) in [6.45, 7) is 4.75. The Kier molecular flexibility index (Phi) is 8.10. The number of phenols is 1. The van der Waals surface area contributed by atoms with Gasteiger partial charge in [0.2, 0.25) is 5.91 Å². The van der Waals surface area contributed by atoms with Gasteiger partial charge in [-0.25, -0.2) is 4.39 Å².